The molecule has 0 atom stereocenters. The maximum atomic E-state index is 12.8. The number of hydrogen-bond acceptors (Lipinski definition) is 7. The molecule has 0 N–H and O–H groups in total. The van der Waals surface area contributed by atoms with Crippen molar-refractivity contribution in [3.8, 4) is 11.5 Å². The number of alkyl halides is 3. The predicted octanol–water partition coefficient (Wildman–Crippen LogP) is 4.82. The standard InChI is InChI=1S/C19H15F3N4O3S2/c1-2-31(27,28)18-15(16-23-8-7-13(10-3-4-10)26(16)25-18)17-24-12-9-11(30-19(20,21)22)5-6-14(12)29-17/h5-10H,2-4H2,1H3. The number of aromatic nitrogens is 4. The highest BCUT2D eigenvalue weighted by Gasteiger charge is 2.33. The van der Waals surface area contributed by atoms with Crippen LogP contribution in [0.15, 0.2) is 44.8 Å². The van der Waals surface area contributed by atoms with E-state index in [1.807, 2.05) is 0 Å². The molecule has 4 aromatic rings. The van der Waals surface area contributed by atoms with Gasteiger partial charge in [0, 0.05) is 22.7 Å². The van der Waals surface area contributed by atoms with Crippen LogP contribution in [0, 0.1) is 0 Å². The van der Waals surface area contributed by atoms with Crippen LogP contribution in [0.2, 0.25) is 0 Å². The van der Waals surface area contributed by atoms with E-state index in [1.165, 1.54) is 29.6 Å². The number of benzene rings is 1. The molecule has 1 saturated carbocycles. The first-order valence-electron chi connectivity index (χ1n) is 9.43. The second kappa shape index (κ2) is 6.95. The minimum atomic E-state index is -4.44. The number of rotatable bonds is 5. The van der Waals surface area contributed by atoms with Crippen molar-refractivity contribution >= 4 is 38.3 Å². The molecule has 1 aliphatic rings. The van der Waals surface area contributed by atoms with Crippen LogP contribution in [-0.2, 0) is 9.84 Å². The third kappa shape index (κ3) is 3.67. The summed E-state index contributed by atoms with van der Waals surface area (Å²) in [5.74, 6) is 0.0440. The molecule has 12 heteroatoms. The summed E-state index contributed by atoms with van der Waals surface area (Å²) in [5.41, 5.74) is -2.77. The Labute approximate surface area is 178 Å². The van der Waals surface area contributed by atoms with Gasteiger partial charge in [0.25, 0.3) is 0 Å². The zero-order chi connectivity index (χ0) is 22.0. The average Bonchev–Trinajstić information content (AvgIpc) is 3.33. The highest BCUT2D eigenvalue weighted by molar-refractivity contribution is 8.00. The molecule has 1 aromatic carbocycles. The number of thioether (sulfide) groups is 1. The summed E-state index contributed by atoms with van der Waals surface area (Å²) in [6, 6.07) is 5.71. The van der Waals surface area contributed by atoms with Crippen LogP contribution in [0.5, 0.6) is 0 Å². The lowest BCUT2D eigenvalue weighted by molar-refractivity contribution is -0.0328. The van der Waals surface area contributed by atoms with E-state index in [9.17, 15) is 21.6 Å². The Bertz CT molecular complexity index is 1420. The molecule has 0 saturated heterocycles. The molecule has 0 unspecified atom stereocenters. The second-order valence-electron chi connectivity index (χ2n) is 7.16. The summed E-state index contributed by atoms with van der Waals surface area (Å²) in [6.45, 7) is 1.51. The Morgan fingerprint density at radius 3 is 2.71 bits per heavy atom. The molecule has 162 valence electrons. The second-order valence-corrected chi connectivity index (χ2v) is 10.5. The van der Waals surface area contributed by atoms with Gasteiger partial charge in [-0.15, -0.1) is 0 Å². The number of hydrogen-bond donors (Lipinski definition) is 0. The zero-order valence-corrected chi connectivity index (χ0v) is 17.7. The fourth-order valence-corrected chi connectivity index (χ4v) is 4.93. The Morgan fingerprint density at radius 1 is 1.26 bits per heavy atom. The lowest BCUT2D eigenvalue weighted by Gasteiger charge is -2.04. The van der Waals surface area contributed by atoms with Crippen molar-refractivity contribution in [2.75, 3.05) is 5.75 Å². The summed E-state index contributed by atoms with van der Waals surface area (Å²) < 4.78 is 71.0. The SMILES string of the molecule is CCS(=O)(=O)c1nn2c(C3CC3)ccnc2c1-c1nc2cc(SC(F)(F)F)ccc2o1. The van der Waals surface area contributed by atoms with E-state index in [0.29, 0.717) is 0 Å². The fraction of sp³-hybridized carbons (Fsp3) is 0.316. The molecule has 0 bridgehead atoms. The van der Waals surface area contributed by atoms with E-state index in [2.05, 4.69) is 15.1 Å². The Balaban J connectivity index is 1.73. The summed E-state index contributed by atoms with van der Waals surface area (Å²) in [5, 5.41) is 4.14. The van der Waals surface area contributed by atoms with E-state index in [-0.39, 0.29) is 61.6 Å². The topological polar surface area (TPSA) is 90.4 Å². The predicted molar refractivity (Wildman–Crippen MR) is 108 cm³/mol. The molecule has 0 aliphatic heterocycles. The van der Waals surface area contributed by atoms with E-state index in [1.54, 1.807) is 12.3 Å². The molecule has 1 aliphatic carbocycles. The number of nitrogens with zero attached hydrogens (tertiary/aromatic N) is 4. The molecular weight excluding hydrogens is 453 g/mol. The largest absolute Gasteiger partial charge is 0.446 e. The van der Waals surface area contributed by atoms with Gasteiger partial charge in [-0.2, -0.15) is 18.3 Å². The highest BCUT2D eigenvalue weighted by Crippen LogP contribution is 2.42. The van der Waals surface area contributed by atoms with Crippen LogP contribution >= 0.6 is 11.8 Å². The van der Waals surface area contributed by atoms with E-state index in [0.717, 1.165) is 18.5 Å². The molecule has 5 rings (SSSR count). The summed E-state index contributed by atoms with van der Waals surface area (Å²) >= 11 is -0.258. The van der Waals surface area contributed by atoms with Gasteiger partial charge in [-0.25, -0.2) is 22.9 Å². The minimum Gasteiger partial charge on any atom is -0.436 e. The summed E-state index contributed by atoms with van der Waals surface area (Å²) in [7, 11) is -3.76. The van der Waals surface area contributed by atoms with Crippen LogP contribution in [0.4, 0.5) is 13.2 Å². The zero-order valence-electron chi connectivity index (χ0n) is 16.0. The van der Waals surface area contributed by atoms with Gasteiger partial charge in [0.2, 0.25) is 5.89 Å². The van der Waals surface area contributed by atoms with Gasteiger partial charge in [0.05, 0.1) is 5.75 Å². The van der Waals surface area contributed by atoms with Crippen molar-refractivity contribution in [2.24, 2.45) is 0 Å². The third-order valence-electron chi connectivity index (χ3n) is 4.99. The first-order valence-corrected chi connectivity index (χ1v) is 11.9. The molecule has 3 aromatic heterocycles. The molecule has 0 spiro atoms. The maximum absolute atomic E-state index is 12.8. The van der Waals surface area contributed by atoms with Gasteiger partial charge in [-0.3, -0.25) is 0 Å². The number of oxazole rings is 1. The van der Waals surface area contributed by atoms with Gasteiger partial charge in [-0.1, -0.05) is 6.92 Å². The van der Waals surface area contributed by atoms with Crippen molar-refractivity contribution < 1.29 is 26.0 Å². The van der Waals surface area contributed by atoms with Crippen molar-refractivity contribution in [2.45, 2.75) is 41.1 Å². The highest BCUT2D eigenvalue weighted by atomic mass is 32.2. The van der Waals surface area contributed by atoms with Crippen LogP contribution in [0.1, 0.15) is 31.4 Å². The molecule has 0 radical (unpaired) electrons. The maximum Gasteiger partial charge on any atom is 0.446 e. The normalized spacial score (nSPS) is 15.2. The van der Waals surface area contributed by atoms with Crippen LogP contribution in [-0.4, -0.2) is 39.3 Å². The first-order chi connectivity index (χ1) is 14.7. The quantitative estimate of drug-likeness (QED) is 0.388. The van der Waals surface area contributed by atoms with Gasteiger partial charge in [0.1, 0.15) is 11.1 Å². The molecule has 7 nitrogen and oxygen atoms in total. The fourth-order valence-electron chi connectivity index (χ4n) is 3.38. The number of halogens is 3. The minimum absolute atomic E-state index is 0.0461. The number of sulfone groups is 1. The lowest BCUT2D eigenvalue weighted by Crippen LogP contribution is -2.06. The van der Waals surface area contributed by atoms with Crippen LogP contribution in [0.3, 0.4) is 0 Å². The van der Waals surface area contributed by atoms with Crippen LogP contribution in [0.25, 0.3) is 28.2 Å². The van der Waals surface area contributed by atoms with Crippen LogP contribution < -0.4 is 0 Å². The van der Waals surface area contributed by atoms with Gasteiger partial charge in [0.15, 0.2) is 26.1 Å². The van der Waals surface area contributed by atoms with E-state index >= 15 is 0 Å². The van der Waals surface area contributed by atoms with E-state index in [4.69, 9.17) is 4.42 Å². The average molecular weight is 468 g/mol. The van der Waals surface area contributed by atoms with Crippen molar-refractivity contribution in [1.29, 1.82) is 0 Å². The van der Waals surface area contributed by atoms with E-state index < -0.39 is 15.3 Å². The van der Waals surface area contributed by atoms with Crippen molar-refractivity contribution in [1.82, 2.24) is 19.6 Å². The van der Waals surface area contributed by atoms with Gasteiger partial charge >= 0.3 is 5.51 Å². The molecule has 1 fully saturated rings. The first kappa shape index (κ1) is 20.3. The smallest absolute Gasteiger partial charge is 0.436 e. The number of fused-ring (bicyclic) bond motifs is 2. The molecule has 3 heterocycles. The Morgan fingerprint density at radius 2 is 2.03 bits per heavy atom. The Kier molecular flexibility index (Phi) is 4.56. The molecular formula is C19H15F3N4O3S2. The van der Waals surface area contributed by atoms with Gasteiger partial charge < -0.3 is 4.42 Å². The summed E-state index contributed by atoms with van der Waals surface area (Å²) in [6.07, 6.45) is 3.54. The van der Waals surface area contributed by atoms with Crippen molar-refractivity contribution in [3.63, 3.8) is 0 Å². The Hall–Kier alpha value is -2.60. The third-order valence-corrected chi connectivity index (χ3v) is 7.35. The molecule has 0 amide bonds. The summed E-state index contributed by atoms with van der Waals surface area (Å²) in [4.78, 5) is 8.56. The molecule has 31 heavy (non-hydrogen) atoms. The lowest BCUT2D eigenvalue weighted by atomic mass is 10.2. The monoisotopic (exact) mass is 468 g/mol. The van der Waals surface area contributed by atoms with Gasteiger partial charge in [-0.05, 0) is 48.9 Å². The van der Waals surface area contributed by atoms with Crippen molar-refractivity contribution in [3.05, 3.63) is 36.2 Å².